The number of benzene rings is 1. The maximum atomic E-state index is 9.97. The molecule has 0 spiro atoms. The summed E-state index contributed by atoms with van der Waals surface area (Å²) in [5.41, 5.74) is 1.78. The van der Waals surface area contributed by atoms with Crippen LogP contribution in [0.3, 0.4) is 0 Å². The molecule has 0 radical (unpaired) electrons. The van der Waals surface area contributed by atoms with E-state index in [2.05, 4.69) is 17.5 Å². The summed E-state index contributed by atoms with van der Waals surface area (Å²) in [4.78, 5) is 2.22. The second-order valence-electron chi connectivity index (χ2n) is 4.39. The standard InChI is InChI=1S/C13H19NO3S/c15-12(9-18)13(16)10-2-1-3-11(8-10)14-4-6-17-7-5-14/h1-3,8,12-13,15-16,18H,4-7,9H2. The number of aliphatic hydroxyl groups is 2. The van der Waals surface area contributed by atoms with Gasteiger partial charge in [0, 0.05) is 24.5 Å². The molecule has 1 saturated heterocycles. The number of hydrogen-bond donors (Lipinski definition) is 3. The lowest BCUT2D eigenvalue weighted by Gasteiger charge is -2.29. The predicted octanol–water partition coefficient (Wildman–Crippen LogP) is 0.847. The van der Waals surface area contributed by atoms with Crippen LogP contribution in [0.1, 0.15) is 11.7 Å². The van der Waals surface area contributed by atoms with Gasteiger partial charge in [-0.3, -0.25) is 0 Å². The van der Waals surface area contributed by atoms with Crippen LogP contribution in [-0.4, -0.2) is 48.4 Å². The summed E-state index contributed by atoms with van der Waals surface area (Å²) in [6.45, 7) is 3.17. The summed E-state index contributed by atoms with van der Waals surface area (Å²) >= 11 is 4.00. The molecule has 1 aromatic carbocycles. The zero-order chi connectivity index (χ0) is 13.0. The van der Waals surface area contributed by atoms with E-state index in [4.69, 9.17) is 4.74 Å². The van der Waals surface area contributed by atoms with Gasteiger partial charge in [-0.1, -0.05) is 12.1 Å². The van der Waals surface area contributed by atoms with Gasteiger partial charge in [0.2, 0.25) is 0 Å². The van der Waals surface area contributed by atoms with Crippen molar-refractivity contribution in [3.63, 3.8) is 0 Å². The molecular weight excluding hydrogens is 250 g/mol. The van der Waals surface area contributed by atoms with Crippen LogP contribution in [0.4, 0.5) is 5.69 Å². The van der Waals surface area contributed by atoms with Gasteiger partial charge in [-0.15, -0.1) is 0 Å². The Labute approximate surface area is 113 Å². The van der Waals surface area contributed by atoms with E-state index >= 15 is 0 Å². The largest absolute Gasteiger partial charge is 0.389 e. The molecule has 0 bridgehead atoms. The van der Waals surface area contributed by atoms with Crippen molar-refractivity contribution in [2.75, 3.05) is 37.0 Å². The van der Waals surface area contributed by atoms with Crippen LogP contribution in [0, 0.1) is 0 Å². The van der Waals surface area contributed by atoms with Crippen molar-refractivity contribution in [2.45, 2.75) is 12.2 Å². The summed E-state index contributed by atoms with van der Waals surface area (Å²) < 4.78 is 5.31. The Balaban J connectivity index is 2.13. The Morgan fingerprint density at radius 2 is 2.00 bits per heavy atom. The monoisotopic (exact) mass is 269 g/mol. The fraction of sp³-hybridized carbons (Fsp3) is 0.538. The third-order valence-electron chi connectivity index (χ3n) is 3.14. The smallest absolute Gasteiger partial charge is 0.106 e. The van der Waals surface area contributed by atoms with Crippen molar-refractivity contribution in [1.82, 2.24) is 0 Å². The Hall–Kier alpha value is -0.750. The summed E-state index contributed by atoms with van der Waals surface area (Å²) in [6, 6.07) is 7.65. The van der Waals surface area contributed by atoms with Gasteiger partial charge in [0.1, 0.15) is 6.10 Å². The highest BCUT2D eigenvalue weighted by atomic mass is 32.1. The van der Waals surface area contributed by atoms with Gasteiger partial charge in [0.15, 0.2) is 0 Å². The van der Waals surface area contributed by atoms with Crippen LogP contribution in [0.25, 0.3) is 0 Å². The summed E-state index contributed by atoms with van der Waals surface area (Å²) in [5.74, 6) is 0.239. The number of rotatable bonds is 4. The van der Waals surface area contributed by atoms with Crippen LogP contribution in [0.2, 0.25) is 0 Å². The molecule has 5 heteroatoms. The van der Waals surface area contributed by atoms with Gasteiger partial charge < -0.3 is 19.8 Å². The molecule has 18 heavy (non-hydrogen) atoms. The highest BCUT2D eigenvalue weighted by Crippen LogP contribution is 2.23. The molecule has 4 nitrogen and oxygen atoms in total. The minimum atomic E-state index is -0.886. The van der Waals surface area contributed by atoms with E-state index in [-0.39, 0.29) is 5.75 Å². The average molecular weight is 269 g/mol. The summed E-state index contributed by atoms with van der Waals surface area (Å²) in [5, 5.41) is 19.6. The molecule has 1 heterocycles. The highest BCUT2D eigenvalue weighted by Gasteiger charge is 2.18. The maximum Gasteiger partial charge on any atom is 0.106 e. The van der Waals surface area contributed by atoms with Gasteiger partial charge in [-0.25, -0.2) is 0 Å². The van der Waals surface area contributed by atoms with E-state index in [0.717, 1.165) is 37.6 Å². The van der Waals surface area contributed by atoms with Crippen molar-refractivity contribution < 1.29 is 14.9 Å². The lowest BCUT2D eigenvalue weighted by atomic mass is 10.0. The average Bonchev–Trinajstić information content (AvgIpc) is 2.46. The van der Waals surface area contributed by atoms with Gasteiger partial charge >= 0.3 is 0 Å². The lowest BCUT2D eigenvalue weighted by Crippen LogP contribution is -2.36. The van der Waals surface area contributed by atoms with Crippen molar-refractivity contribution in [1.29, 1.82) is 0 Å². The normalized spacial score (nSPS) is 19.6. The van der Waals surface area contributed by atoms with Crippen molar-refractivity contribution in [2.24, 2.45) is 0 Å². The van der Waals surface area contributed by atoms with Gasteiger partial charge in [-0.2, -0.15) is 12.6 Å². The van der Waals surface area contributed by atoms with Crippen LogP contribution in [0.15, 0.2) is 24.3 Å². The van der Waals surface area contributed by atoms with E-state index in [9.17, 15) is 10.2 Å². The molecule has 2 rings (SSSR count). The molecule has 100 valence electrons. The quantitative estimate of drug-likeness (QED) is 0.709. The van der Waals surface area contributed by atoms with E-state index < -0.39 is 12.2 Å². The zero-order valence-electron chi connectivity index (χ0n) is 10.2. The SMILES string of the molecule is OC(CS)C(O)c1cccc(N2CCOCC2)c1. The zero-order valence-corrected chi connectivity index (χ0v) is 11.1. The first-order valence-electron chi connectivity index (χ1n) is 6.12. The fourth-order valence-corrected chi connectivity index (χ4v) is 2.25. The minimum Gasteiger partial charge on any atom is -0.389 e. The first-order valence-corrected chi connectivity index (χ1v) is 6.75. The lowest BCUT2D eigenvalue weighted by molar-refractivity contribution is 0.0338. The number of aliphatic hydroxyl groups excluding tert-OH is 2. The van der Waals surface area contributed by atoms with Crippen molar-refractivity contribution in [3.8, 4) is 0 Å². The third-order valence-corrected chi connectivity index (χ3v) is 3.51. The number of ether oxygens (including phenoxy) is 1. The minimum absolute atomic E-state index is 0.239. The van der Waals surface area contributed by atoms with Gasteiger partial charge in [0.05, 0.1) is 19.3 Å². The second kappa shape index (κ2) is 6.43. The molecule has 1 aliphatic heterocycles. The topological polar surface area (TPSA) is 52.9 Å². The number of nitrogens with zero attached hydrogens (tertiary/aromatic N) is 1. The molecule has 0 saturated carbocycles. The van der Waals surface area contributed by atoms with Crippen LogP contribution >= 0.6 is 12.6 Å². The van der Waals surface area contributed by atoms with Gasteiger partial charge in [0.25, 0.3) is 0 Å². The van der Waals surface area contributed by atoms with Crippen LogP contribution in [0.5, 0.6) is 0 Å². The van der Waals surface area contributed by atoms with E-state index in [1.54, 1.807) is 0 Å². The van der Waals surface area contributed by atoms with Gasteiger partial charge in [-0.05, 0) is 17.7 Å². The Bertz CT molecular complexity index is 365. The fourth-order valence-electron chi connectivity index (χ4n) is 2.05. The molecule has 1 fully saturated rings. The summed E-state index contributed by atoms with van der Waals surface area (Å²) in [6.07, 6.45) is -1.73. The number of hydrogen-bond acceptors (Lipinski definition) is 5. The number of thiol groups is 1. The third kappa shape index (κ3) is 3.17. The Morgan fingerprint density at radius 3 is 2.67 bits per heavy atom. The van der Waals surface area contributed by atoms with E-state index in [0.29, 0.717) is 0 Å². The van der Waals surface area contributed by atoms with Crippen molar-refractivity contribution >= 4 is 18.3 Å². The summed E-state index contributed by atoms with van der Waals surface area (Å²) in [7, 11) is 0. The Morgan fingerprint density at radius 1 is 1.28 bits per heavy atom. The van der Waals surface area contributed by atoms with Crippen molar-refractivity contribution in [3.05, 3.63) is 29.8 Å². The molecule has 0 aromatic heterocycles. The van der Waals surface area contributed by atoms with Crippen LogP contribution < -0.4 is 4.90 Å². The molecule has 2 N–H and O–H groups in total. The maximum absolute atomic E-state index is 9.97. The first kappa shape index (κ1) is 13.7. The van der Waals surface area contributed by atoms with E-state index in [1.807, 2.05) is 24.3 Å². The molecule has 1 aromatic rings. The molecular formula is C13H19NO3S. The molecule has 2 atom stereocenters. The number of morpholine rings is 1. The number of anilines is 1. The highest BCUT2D eigenvalue weighted by molar-refractivity contribution is 7.80. The first-order chi connectivity index (χ1) is 8.72. The molecule has 0 amide bonds. The second-order valence-corrected chi connectivity index (χ2v) is 4.75. The van der Waals surface area contributed by atoms with E-state index in [1.165, 1.54) is 0 Å². The molecule has 1 aliphatic rings. The Kier molecular flexibility index (Phi) is 4.88. The predicted molar refractivity (Wildman–Crippen MR) is 74.3 cm³/mol. The van der Waals surface area contributed by atoms with Crippen LogP contribution in [-0.2, 0) is 4.74 Å². The molecule has 0 aliphatic carbocycles. The molecule has 2 unspecified atom stereocenters.